The summed E-state index contributed by atoms with van der Waals surface area (Å²) < 4.78 is 24.3. The van der Waals surface area contributed by atoms with E-state index in [9.17, 15) is 13.2 Å². The maximum atomic E-state index is 12.8. The number of aromatic nitrogens is 2. The van der Waals surface area contributed by atoms with Gasteiger partial charge in [0.25, 0.3) is 0 Å². The number of hydrogen-bond donors (Lipinski definition) is 1. The molecule has 1 aromatic rings. The van der Waals surface area contributed by atoms with Crippen LogP contribution in [0.3, 0.4) is 0 Å². The number of nitrogens with zero attached hydrogens (tertiary/aromatic N) is 3. The van der Waals surface area contributed by atoms with Gasteiger partial charge in [-0.3, -0.25) is 4.79 Å². The molecule has 25 heavy (non-hydrogen) atoms. The Hall–Kier alpha value is -0.870. The SMILES string of the molecule is CC[C@H](C)N(C(=O)CSc1nnc(NC(C)C)s1)[C@@H]1CCS(=O)(=O)C1. The molecular formula is C15H26N4O3S3. The Bertz CT molecular complexity index is 690. The minimum Gasteiger partial charge on any atom is -0.358 e. The predicted molar refractivity (Wildman–Crippen MR) is 103 cm³/mol. The van der Waals surface area contributed by atoms with Crippen LogP contribution in [0.4, 0.5) is 5.13 Å². The molecule has 1 aliphatic rings. The number of anilines is 1. The van der Waals surface area contributed by atoms with E-state index in [1.165, 1.54) is 23.1 Å². The topological polar surface area (TPSA) is 92.3 Å². The van der Waals surface area contributed by atoms with Crippen LogP contribution in [-0.2, 0) is 14.6 Å². The molecule has 1 aliphatic heterocycles. The highest BCUT2D eigenvalue weighted by atomic mass is 32.2. The molecule has 0 aliphatic carbocycles. The van der Waals surface area contributed by atoms with E-state index in [-0.39, 0.29) is 41.3 Å². The van der Waals surface area contributed by atoms with Gasteiger partial charge in [0, 0.05) is 18.1 Å². The average Bonchev–Trinajstić information content (AvgIpc) is 3.11. The number of hydrogen-bond acceptors (Lipinski definition) is 8. The Morgan fingerprint density at radius 2 is 2.12 bits per heavy atom. The summed E-state index contributed by atoms with van der Waals surface area (Å²) in [6.07, 6.45) is 1.33. The van der Waals surface area contributed by atoms with Gasteiger partial charge >= 0.3 is 0 Å². The van der Waals surface area contributed by atoms with Crippen LogP contribution in [0.15, 0.2) is 4.34 Å². The minimum atomic E-state index is -3.02. The smallest absolute Gasteiger partial charge is 0.233 e. The Morgan fingerprint density at radius 1 is 1.40 bits per heavy atom. The van der Waals surface area contributed by atoms with Gasteiger partial charge in [0.2, 0.25) is 11.0 Å². The number of sulfone groups is 1. The van der Waals surface area contributed by atoms with Crippen molar-refractivity contribution < 1.29 is 13.2 Å². The zero-order chi connectivity index (χ0) is 18.6. The Balaban J connectivity index is 1.99. The van der Waals surface area contributed by atoms with Crippen molar-refractivity contribution in [2.75, 3.05) is 22.6 Å². The molecule has 7 nitrogen and oxygen atoms in total. The van der Waals surface area contributed by atoms with E-state index in [4.69, 9.17) is 0 Å². The molecule has 1 saturated heterocycles. The van der Waals surface area contributed by atoms with Crippen LogP contribution in [-0.4, -0.2) is 64.8 Å². The predicted octanol–water partition coefficient (Wildman–Crippen LogP) is 2.26. The van der Waals surface area contributed by atoms with Gasteiger partial charge in [-0.05, 0) is 33.6 Å². The molecule has 142 valence electrons. The first-order chi connectivity index (χ1) is 11.7. The van der Waals surface area contributed by atoms with Gasteiger partial charge in [0.1, 0.15) is 0 Å². The van der Waals surface area contributed by atoms with Crippen molar-refractivity contribution in [2.24, 2.45) is 0 Å². The molecule has 1 aromatic heterocycles. The molecule has 0 unspecified atom stereocenters. The summed E-state index contributed by atoms with van der Waals surface area (Å²) in [6, 6.07) is 0.0947. The number of rotatable bonds is 8. The molecule has 1 N–H and O–H groups in total. The van der Waals surface area contributed by atoms with Gasteiger partial charge < -0.3 is 10.2 Å². The highest BCUT2D eigenvalue weighted by Gasteiger charge is 2.36. The number of carbonyl (C=O) groups excluding carboxylic acids is 1. The number of thioether (sulfide) groups is 1. The van der Waals surface area contributed by atoms with Gasteiger partial charge in [-0.15, -0.1) is 10.2 Å². The maximum absolute atomic E-state index is 12.8. The van der Waals surface area contributed by atoms with E-state index in [0.717, 1.165) is 15.9 Å². The highest BCUT2D eigenvalue weighted by Crippen LogP contribution is 2.28. The lowest BCUT2D eigenvalue weighted by atomic mass is 10.1. The summed E-state index contributed by atoms with van der Waals surface area (Å²) in [4.78, 5) is 14.5. The van der Waals surface area contributed by atoms with Crippen molar-refractivity contribution in [1.82, 2.24) is 15.1 Å². The summed E-state index contributed by atoms with van der Waals surface area (Å²) in [7, 11) is -3.02. The fourth-order valence-corrected chi connectivity index (χ4v) is 6.25. The molecule has 1 amide bonds. The zero-order valence-electron chi connectivity index (χ0n) is 15.1. The highest BCUT2D eigenvalue weighted by molar-refractivity contribution is 8.01. The van der Waals surface area contributed by atoms with Crippen LogP contribution in [0.1, 0.15) is 40.5 Å². The molecular weight excluding hydrogens is 380 g/mol. The Kier molecular flexibility index (Phi) is 7.10. The average molecular weight is 407 g/mol. The second-order valence-corrected chi connectivity index (χ2v) is 11.0. The number of nitrogens with one attached hydrogen (secondary N) is 1. The van der Waals surface area contributed by atoms with Gasteiger partial charge in [0.05, 0.1) is 17.3 Å². The first-order valence-electron chi connectivity index (χ1n) is 8.46. The summed E-state index contributed by atoms with van der Waals surface area (Å²) in [5, 5.41) is 12.1. The Labute approximate surface area is 157 Å². The maximum Gasteiger partial charge on any atom is 0.233 e. The largest absolute Gasteiger partial charge is 0.358 e. The first kappa shape index (κ1) is 20.4. The molecule has 0 saturated carbocycles. The monoisotopic (exact) mass is 406 g/mol. The van der Waals surface area contributed by atoms with Crippen LogP contribution < -0.4 is 5.32 Å². The lowest BCUT2D eigenvalue weighted by Crippen LogP contribution is -2.47. The quantitative estimate of drug-likeness (QED) is 0.662. The van der Waals surface area contributed by atoms with Crippen LogP contribution in [0.25, 0.3) is 0 Å². The van der Waals surface area contributed by atoms with Crippen molar-refractivity contribution in [3.8, 4) is 0 Å². The summed E-state index contributed by atoms with van der Waals surface area (Å²) in [5.41, 5.74) is 0. The van der Waals surface area contributed by atoms with Gasteiger partial charge in [0.15, 0.2) is 14.2 Å². The molecule has 0 bridgehead atoms. The summed E-state index contributed by atoms with van der Waals surface area (Å²) in [5.74, 6) is 0.465. The molecule has 10 heteroatoms. The molecule has 0 aromatic carbocycles. The molecule has 0 radical (unpaired) electrons. The Morgan fingerprint density at radius 3 is 2.68 bits per heavy atom. The molecule has 2 heterocycles. The van der Waals surface area contributed by atoms with Crippen molar-refractivity contribution in [2.45, 2.75) is 63.0 Å². The van der Waals surface area contributed by atoms with Gasteiger partial charge in [-0.1, -0.05) is 30.0 Å². The summed E-state index contributed by atoms with van der Waals surface area (Å²) in [6.45, 7) is 8.04. The van der Waals surface area contributed by atoms with Crippen molar-refractivity contribution in [1.29, 1.82) is 0 Å². The van der Waals surface area contributed by atoms with E-state index in [2.05, 4.69) is 15.5 Å². The fraction of sp³-hybridized carbons (Fsp3) is 0.800. The molecule has 2 rings (SSSR count). The van der Waals surface area contributed by atoms with Crippen molar-refractivity contribution in [3.63, 3.8) is 0 Å². The normalized spacial score (nSPS) is 20.6. The third-order valence-corrected chi connectivity index (χ3v) is 7.82. The van der Waals surface area contributed by atoms with Crippen LogP contribution >= 0.6 is 23.1 Å². The second kappa shape index (κ2) is 8.68. The lowest BCUT2D eigenvalue weighted by Gasteiger charge is -2.33. The van der Waals surface area contributed by atoms with E-state index >= 15 is 0 Å². The van der Waals surface area contributed by atoms with Crippen LogP contribution in [0, 0.1) is 0 Å². The van der Waals surface area contributed by atoms with E-state index in [1.807, 2.05) is 27.7 Å². The van der Waals surface area contributed by atoms with Crippen LogP contribution in [0.5, 0.6) is 0 Å². The third-order valence-electron chi connectivity index (χ3n) is 4.09. The first-order valence-corrected chi connectivity index (χ1v) is 12.1. The fourth-order valence-electron chi connectivity index (χ4n) is 2.77. The molecule has 2 atom stereocenters. The molecule has 1 fully saturated rings. The lowest BCUT2D eigenvalue weighted by molar-refractivity contribution is -0.132. The summed E-state index contributed by atoms with van der Waals surface area (Å²) >= 11 is 2.78. The minimum absolute atomic E-state index is 0.0268. The van der Waals surface area contributed by atoms with Crippen LogP contribution in [0.2, 0.25) is 0 Å². The van der Waals surface area contributed by atoms with E-state index in [1.54, 1.807) is 4.90 Å². The van der Waals surface area contributed by atoms with Crippen molar-refractivity contribution in [3.05, 3.63) is 0 Å². The third kappa shape index (κ3) is 5.82. The number of amides is 1. The molecule has 0 spiro atoms. The van der Waals surface area contributed by atoms with Crippen molar-refractivity contribution >= 4 is 44.0 Å². The second-order valence-electron chi connectivity index (χ2n) is 6.58. The van der Waals surface area contributed by atoms with Gasteiger partial charge in [-0.2, -0.15) is 0 Å². The zero-order valence-corrected chi connectivity index (χ0v) is 17.5. The van der Waals surface area contributed by atoms with Gasteiger partial charge in [-0.25, -0.2) is 8.42 Å². The number of carbonyl (C=O) groups is 1. The standard InChI is InChI=1S/C15H26N4O3S3/c1-5-11(4)19(12-6-7-25(21,22)9-12)13(20)8-23-15-18-17-14(24-15)16-10(2)3/h10-12H,5-9H2,1-4H3,(H,16,17)/t11-,12+/m0/s1. The van der Waals surface area contributed by atoms with E-state index < -0.39 is 9.84 Å². The van der Waals surface area contributed by atoms with E-state index in [0.29, 0.717) is 6.42 Å².